The molecule has 7 nitrogen and oxygen atoms in total. The maximum Gasteiger partial charge on any atom is 0.246 e. The van der Waals surface area contributed by atoms with Gasteiger partial charge in [-0.2, -0.15) is 0 Å². The number of methoxy groups -OCH3 is 1. The minimum Gasteiger partial charge on any atom is -0.504 e. The van der Waals surface area contributed by atoms with Crippen molar-refractivity contribution in [2.45, 2.75) is 74.5 Å². The second-order valence-electron chi connectivity index (χ2n) is 12.3. The SMILES string of the molecule is COCCN(C)C(=O)/C=C1\CC[C@]12CC[C@@]1(O)[C@H]3Cc4ccc(O)c5c4[C@@]1(CCN3CC1CC1)[C@H]2O5. The summed E-state index contributed by atoms with van der Waals surface area (Å²) in [5.41, 5.74) is 1.73. The first-order valence-corrected chi connectivity index (χ1v) is 13.8. The van der Waals surface area contributed by atoms with Gasteiger partial charge in [0.2, 0.25) is 5.91 Å². The highest BCUT2D eigenvalue weighted by Gasteiger charge is 2.77. The minimum absolute atomic E-state index is 0.000666. The van der Waals surface area contributed by atoms with Gasteiger partial charge in [-0.05, 0) is 75.5 Å². The summed E-state index contributed by atoms with van der Waals surface area (Å²) in [6.07, 6.45) is 9.17. The van der Waals surface area contributed by atoms with E-state index in [9.17, 15) is 15.0 Å². The molecule has 1 aromatic carbocycles. The molecule has 0 aromatic heterocycles. The van der Waals surface area contributed by atoms with Crippen molar-refractivity contribution in [1.29, 1.82) is 0 Å². The number of piperidine rings is 1. The van der Waals surface area contributed by atoms with Crippen molar-refractivity contribution in [2.75, 3.05) is 40.4 Å². The quantitative estimate of drug-likeness (QED) is 0.592. The molecule has 6 aliphatic rings. The summed E-state index contributed by atoms with van der Waals surface area (Å²) in [4.78, 5) is 17.3. The highest BCUT2D eigenvalue weighted by molar-refractivity contribution is 5.88. The van der Waals surface area contributed by atoms with Gasteiger partial charge in [0.05, 0.1) is 17.6 Å². The van der Waals surface area contributed by atoms with E-state index in [1.165, 1.54) is 18.4 Å². The Balaban J connectivity index is 1.31. The number of hydrogen-bond acceptors (Lipinski definition) is 6. The van der Waals surface area contributed by atoms with E-state index in [0.29, 0.717) is 25.3 Å². The van der Waals surface area contributed by atoms with Crippen LogP contribution < -0.4 is 4.74 Å². The zero-order chi connectivity index (χ0) is 24.9. The molecule has 1 saturated heterocycles. The van der Waals surface area contributed by atoms with Gasteiger partial charge in [-0.3, -0.25) is 9.69 Å². The number of amides is 1. The number of phenolic OH excluding ortho intramolecular Hbond substituents is 1. The van der Waals surface area contributed by atoms with Crippen LogP contribution >= 0.6 is 0 Å². The van der Waals surface area contributed by atoms with Crippen molar-refractivity contribution in [3.8, 4) is 11.5 Å². The van der Waals surface area contributed by atoms with E-state index in [2.05, 4.69) is 11.0 Å². The van der Waals surface area contributed by atoms with Crippen LogP contribution in [0, 0.1) is 11.3 Å². The van der Waals surface area contributed by atoms with Gasteiger partial charge in [0.1, 0.15) is 6.10 Å². The van der Waals surface area contributed by atoms with Gasteiger partial charge in [0, 0.05) is 50.3 Å². The fourth-order valence-electron chi connectivity index (χ4n) is 8.60. The third-order valence-electron chi connectivity index (χ3n) is 10.8. The third-order valence-corrected chi connectivity index (χ3v) is 10.8. The van der Waals surface area contributed by atoms with E-state index in [4.69, 9.17) is 9.47 Å². The van der Waals surface area contributed by atoms with Crippen LogP contribution in [0.2, 0.25) is 0 Å². The second-order valence-corrected chi connectivity index (χ2v) is 12.3. The predicted molar refractivity (Wildman–Crippen MR) is 134 cm³/mol. The molecule has 7 rings (SSSR count). The molecule has 36 heavy (non-hydrogen) atoms. The number of carbonyl (C=O) groups is 1. The number of aliphatic hydroxyl groups is 1. The summed E-state index contributed by atoms with van der Waals surface area (Å²) in [6, 6.07) is 3.90. The van der Waals surface area contributed by atoms with Gasteiger partial charge in [-0.15, -0.1) is 0 Å². The van der Waals surface area contributed by atoms with E-state index in [0.717, 1.165) is 62.2 Å². The van der Waals surface area contributed by atoms with Crippen LogP contribution in [0.5, 0.6) is 11.5 Å². The van der Waals surface area contributed by atoms with E-state index < -0.39 is 11.0 Å². The molecule has 3 saturated carbocycles. The Morgan fingerprint density at radius 3 is 2.83 bits per heavy atom. The van der Waals surface area contributed by atoms with Crippen LogP contribution in [0.3, 0.4) is 0 Å². The standard InChI is InChI=1S/C29H38N2O5/c1-30(13-14-35-2)23(33)16-20-7-8-27(20)9-10-29(34)22-15-19-5-6-21(32)25-24(19)28(29,26(27)36-25)11-12-31(22)17-18-3-4-18/h5-6,16,18,22,26,32,34H,3-4,7-15,17H2,1-2H3/b20-16+/t22-,26+,27+,28+,29-/m1/s1. The number of likely N-dealkylation sites (N-methyl/N-ethyl adjacent to an activating group) is 1. The van der Waals surface area contributed by atoms with Gasteiger partial charge < -0.3 is 24.6 Å². The zero-order valence-electron chi connectivity index (χ0n) is 21.5. The molecule has 7 heteroatoms. The van der Waals surface area contributed by atoms with Crippen LogP contribution in [-0.2, 0) is 21.4 Å². The molecule has 0 radical (unpaired) electrons. The average Bonchev–Trinajstić information content (AvgIpc) is 3.60. The molecular weight excluding hydrogens is 456 g/mol. The Morgan fingerprint density at radius 1 is 1.28 bits per heavy atom. The lowest BCUT2D eigenvalue weighted by molar-refractivity contribution is -0.218. The summed E-state index contributed by atoms with van der Waals surface area (Å²) < 4.78 is 11.9. The lowest BCUT2D eigenvalue weighted by Gasteiger charge is -2.68. The molecule has 2 N–H and O–H groups in total. The Hall–Kier alpha value is -2.09. The van der Waals surface area contributed by atoms with E-state index in [1.807, 2.05) is 13.1 Å². The maximum atomic E-state index is 13.1. The first kappa shape index (κ1) is 23.1. The summed E-state index contributed by atoms with van der Waals surface area (Å²) in [7, 11) is 3.46. The summed E-state index contributed by atoms with van der Waals surface area (Å²) in [5, 5.41) is 23.6. The number of likely N-dealkylation sites (tertiary alicyclic amines) is 1. The van der Waals surface area contributed by atoms with Crippen molar-refractivity contribution in [2.24, 2.45) is 11.3 Å². The van der Waals surface area contributed by atoms with Crippen LogP contribution in [0.4, 0.5) is 0 Å². The van der Waals surface area contributed by atoms with Crippen LogP contribution in [-0.4, -0.2) is 84.1 Å². The van der Waals surface area contributed by atoms with Gasteiger partial charge >= 0.3 is 0 Å². The number of benzene rings is 1. The lowest BCUT2D eigenvalue weighted by atomic mass is 9.40. The van der Waals surface area contributed by atoms with Crippen molar-refractivity contribution in [3.63, 3.8) is 0 Å². The number of rotatable bonds is 6. The molecule has 1 aromatic rings. The molecule has 4 aliphatic carbocycles. The van der Waals surface area contributed by atoms with E-state index in [-0.39, 0.29) is 29.2 Å². The van der Waals surface area contributed by atoms with Gasteiger partial charge in [0.25, 0.3) is 0 Å². The number of hydrogen-bond donors (Lipinski definition) is 2. The molecule has 0 unspecified atom stereocenters. The zero-order valence-corrected chi connectivity index (χ0v) is 21.5. The Kier molecular flexibility index (Phi) is 4.94. The molecule has 1 amide bonds. The highest BCUT2D eigenvalue weighted by Crippen LogP contribution is 2.72. The number of aromatic hydroxyl groups is 1. The molecule has 2 bridgehead atoms. The molecule has 5 atom stereocenters. The topological polar surface area (TPSA) is 82.5 Å². The fraction of sp³-hybridized carbons (Fsp3) is 0.690. The monoisotopic (exact) mass is 494 g/mol. The first-order valence-electron chi connectivity index (χ1n) is 13.8. The predicted octanol–water partition coefficient (Wildman–Crippen LogP) is 2.77. The smallest absolute Gasteiger partial charge is 0.246 e. The molecular formula is C29H38N2O5. The number of phenols is 1. The molecule has 2 spiro atoms. The molecule has 4 fully saturated rings. The number of fused-ring (bicyclic) bond motifs is 1. The van der Waals surface area contributed by atoms with Crippen LogP contribution in [0.15, 0.2) is 23.8 Å². The van der Waals surface area contributed by atoms with Crippen molar-refractivity contribution in [1.82, 2.24) is 9.80 Å². The van der Waals surface area contributed by atoms with Gasteiger partial charge in [-0.25, -0.2) is 0 Å². The lowest BCUT2D eigenvalue weighted by Crippen LogP contribution is -2.78. The Bertz CT molecular complexity index is 1150. The Labute approximate surface area is 213 Å². The number of carbonyl (C=O) groups excluding carboxylic acids is 1. The molecule has 2 heterocycles. The molecule has 194 valence electrons. The largest absolute Gasteiger partial charge is 0.504 e. The second kappa shape index (κ2) is 7.71. The fourth-order valence-corrected chi connectivity index (χ4v) is 8.60. The van der Waals surface area contributed by atoms with Crippen LogP contribution in [0.1, 0.15) is 56.1 Å². The molecule has 2 aliphatic heterocycles. The van der Waals surface area contributed by atoms with Crippen molar-refractivity contribution < 1.29 is 24.5 Å². The van der Waals surface area contributed by atoms with E-state index in [1.54, 1.807) is 18.1 Å². The third kappa shape index (κ3) is 2.82. The minimum atomic E-state index is -0.887. The van der Waals surface area contributed by atoms with Crippen molar-refractivity contribution in [3.05, 3.63) is 34.9 Å². The summed E-state index contributed by atoms with van der Waals surface area (Å²) in [5.74, 6) is 1.53. The van der Waals surface area contributed by atoms with E-state index >= 15 is 0 Å². The summed E-state index contributed by atoms with van der Waals surface area (Å²) >= 11 is 0. The normalized spacial score (nSPS) is 39.0. The Morgan fingerprint density at radius 2 is 2.11 bits per heavy atom. The highest BCUT2D eigenvalue weighted by atomic mass is 16.5. The number of ether oxygens (including phenoxy) is 2. The maximum absolute atomic E-state index is 13.1. The van der Waals surface area contributed by atoms with Crippen LogP contribution in [0.25, 0.3) is 0 Å². The number of nitrogens with zero attached hydrogens (tertiary/aromatic N) is 2. The first-order chi connectivity index (χ1) is 17.3. The average molecular weight is 495 g/mol. The van der Waals surface area contributed by atoms with Gasteiger partial charge in [-0.1, -0.05) is 11.6 Å². The van der Waals surface area contributed by atoms with Crippen molar-refractivity contribution >= 4 is 5.91 Å². The summed E-state index contributed by atoms with van der Waals surface area (Å²) in [6.45, 7) is 3.09. The van der Waals surface area contributed by atoms with Gasteiger partial charge in [0.15, 0.2) is 11.5 Å².